The first-order chi connectivity index (χ1) is 18.8. The summed E-state index contributed by atoms with van der Waals surface area (Å²) >= 11 is 0. The molecule has 4 heterocycles. The number of rotatable bonds is 3. The maximum absolute atomic E-state index is 13.6. The number of hydrogen-bond donors (Lipinski definition) is 3. The van der Waals surface area contributed by atoms with Crippen molar-refractivity contribution < 1.29 is 37.7 Å². The average molecular weight is 558 g/mol. The van der Waals surface area contributed by atoms with Crippen LogP contribution in [0.4, 0.5) is 13.2 Å². The molecular formula is C28H26F3N3O6. The van der Waals surface area contributed by atoms with Gasteiger partial charge in [0.15, 0.2) is 5.60 Å². The largest absolute Gasteiger partial charge is 0.458 e. The van der Waals surface area contributed by atoms with Gasteiger partial charge >= 0.3 is 12.1 Å². The molecule has 0 saturated heterocycles. The van der Waals surface area contributed by atoms with E-state index in [-0.39, 0.29) is 37.1 Å². The Morgan fingerprint density at radius 3 is 2.65 bits per heavy atom. The molecular weight excluding hydrogens is 531 g/mol. The number of aromatic nitrogens is 2. The standard InChI is InChI=1S/C28H26F3N3O6/c1-4-27(39)16-8-19-22-14(9-34(19)25(37)15(16)10-40-26(27)38)21-17(33-24(36)23(35)28(29,30)31)6-5-13-12(3)11(2)7-18(32-22)20(13)21/h7-8,17,23,35,39H,4-6,9-10H2,1-3H3,(H,33,36)/t17-,23-,27-/m0/s1. The molecule has 1 aromatic carbocycles. The number of aryl methyl sites for hydroxylation is 2. The van der Waals surface area contributed by atoms with Crippen molar-refractivity contribution in [1.82, 2.24) is 14.9 Å². The van der Waals surface area contributed by atoms with E-state index in [1.165, 1.54) is 4.57 Å². The minimum absolute atomic E-state index is 0.0219. The summed E-state index contributed by atoms with van der Waals surface area (Å²) in [5.74, 6) is -2.41. The zero-order valence-electron chi connectivity index (χ0n) is 21.9. The number of esters is 1. The minimum atomic E-state index is -5.13. The Balaban J connectivity index is 1.60. The van der Waals surface area contributed by atoms with Crippen LogP contribution in [0, 0.1) is 13.8 Å². The molecule has 0 unspecified atom stereocenters. The van der Waals surface area contributed by atoms with Crippen molar-refractivity contribution in [2.75, 3.05) is 0 Å². The van der Waals surface area contributed by atoms with Crippen LogP contribution in [0.2, 0.25) is 0 Å². The van der Waals surface area contributed by atoms with E-state index in [1.807, 2.05) is 19.9 Å². The third kappa shape index (κ3) is 3.55. The van der Waals surface area contributed by atoms with Gasteiger partial charge in [0.2, 0.25) is 6.10 Å². The highest BCUT2D eigenvalue weighted by Crippen LogP contribution is 2.46. The van der Waals surface area contributed by atoms with Gasteiger partial charge in [0.1, 0.15) is 6.61 Å². The van der Waals surface area contributed by atoms with Gasteiger partial charge in [-0.05, 0) is 67.5 Å². The quantitative estimate of drug-likeness (QED) is 0.330. The Kier molecular flexibility index (Phi) is 5.70. The van der Waals surface area contributed by atoms with Crippen molar-refractivity contribution in [3.8, 4) is 11.4 Å². The summed E-state index contributed by atoms with van der Waals surface area (Å²) in [6.45, 7) is 5.19. The van der Waals surface area contributed by atoms with Crippen molar-refractivity contribution >= 4 is 22.8 Å². The zero-order valence-corrected chi connectivity index (χ0v) is 21.9. The highest BCUT2D eigenvalue weighted by Gasteiger charge is 2.47. The topological polar surface area (TPSA) is 131 Å². The lowest BCUT2D eigenvalue weighted by Crippen LogP contribution is -2.45. The first kappa shape index (κ1) is 26.5. The predicted octanol–water partition coefficient (Wildman–Crippen LogP) is 2.72. The number of cyclic esters (lactones) is 1. The fraction of sp³-hybridized carbons (Fsp3) is 0.429. The lowest BCUT2D eigenvalue weighted by Gasteiger charge is -2.31. The van der Waals surface area contributed by atoms with E-state index in [4.69, 9.17) is 9.72 Å². The van der Waals surface area contributed by atoms with Crippen molar-refractivity contribution in [3.63, 3.8) is 0 Å². The number of amides is 1. The van der Waals surface area contributed by atoms with Crippen molar-refractivity contribution in [1.29, 1.82) is 0 Å². The van der Waals surface area contributed by atoms with E-state index in [2.05, 4.69) is 5.32 Å². The second-order valence-electron chi connectivity index (χ2n) is 10.7. The molecule has 2 aromatic heterocycles. The summed E-state index contributed by atoms with van der Waals surface area (Å²) in [7, 11) is 0. The first-order valence-corrected chi connectivity index (χ1v) is 13.0. The number of halogens is 3. The molecule has 0 saturated carbocycles. The van der Waals surface area contributed by atoms with Gasteiger partial charge in [-0.1, -0.05) is 6.92 Å². The smallest absolute Gasteiger partial charge is 0.423 e. The van der Waals surface area contributed by atoms with Gasteiger partial charge in [-0.2, -0.15) is 13.2 Å². The Morgan fingerprint density at radius 1 is 1.25 bits per heavy atom. The monoisotopic (exact) mass is 557 g/mol. The molecule has 210 valence electrons. The van der Waals surface area contributed by atoms with Crippen molar-refractivity contribution in [2.45, 2.75) is 77.1 Å². The summed E-state index contributed by atoms with van der Waals surface area (Å²) in [4.78, 5) is 43.5. The second kappa shape index (κ2) is 8.61. The number of alkyl halides is 3. The molecule has 1 amide bonds. The van der Waals surface area contributed by atoms with Crippen LogP contribution in [0.5, 0.6) is 0 Å². The Labute approximate surface area is 225 Å². The molecule has 0 fully saturated rings. The van der Waals surface area contributed by atoms with Gasteiger partial charge in [-0.3, -0.25) is 9.59 Å². The van der Waals surface area contributed by atoms with Gasteiger partial charge in [0, 0.05) is 16.5 Å². The maximum Gasteiger partial charge on any atom is 0.423 e. The fourth-order valence-corrected chi connectivity index (χ4v) is 6.28. The number of nitrogens with one attached hydrogen (secondary N) is 1. The molecule has 0 bridgehead atoms. The number of nitrogens with zero attached hydrogens (tertiary/aromatic N) is 2. The third-order valence-electron chi connectivity index (χ3n) is 8.58. The van der Waals surface area contributed by atoms with Gasteiger partial charge in [-0.25, -0.2) is 9.78 Å². The summed E-state index contributed by atoms with van der Waals surface area (Å²) in [5, 5.41) is 23.8. The number of hydrogen-bond acceptors (Lipinski definition) is 7. The molecule has 0 spiro atoms. The number of fused-ring (bicyclic) bond motifs is 5. The molecule has 1 aliphatic carbocycles. The average Bonchev–Trinajstić information content (AvgIpc) is 3.27. The van der Waals surface area contributed by atoms with Crippen LogP contribution < -0.4 is 10.9 Å². The number of carbonyl (C=O) groups excluding carboxylic acids is 2. The zero-order chi connectivity index (χ0) is 28.9. The summed E-state index contributed by atoms with van der Waals surface area (Å²) in [6, 6.07) is 2.53. The van der Waals surface area contributed by atoms with Crippen LogP contribution in [0.15, 0.2) is 16.9 Å². The molecule has 2 aliphatic heterocycles. The number of pyridine rings is 2. The van der Waals surface area contributed by atoms with Gasteiger partial charge in [0.05, 0.1) is 35.1 Å². The highest BCUT2D eigenvalue weighted by atomic mass is 19.4. The normalized spacial score (nSPS) is 21.9. The molecule has 3 atom stereocenters. The van der Waals surface area contributed by atoms with Crippen molar-refractivity contribution in [2.24, 2.45) is 0 Å². The minimum Gasteiger partial charge on any atom is -0.458 e. The molecule has 3 aromatic rings. The lowest BCUT2D eigenvalue weighted by molar-refractivity contribution is -0.205. The maximum atomic E-state index is 13.6. The third-order valence-corrected chi connectivity index (χ3v) is 8.58. The summed E-state index contributed by atoms with van der Waals surface area (Å²) in [6.07, 6.45) is -7.59. The number of benzene rings is 1. The van der Waals surface area contributed by atoms with E-state index < -0.39 is 41.4 Å². The Morgan fingerprint density at radius 2 is 1.98 bits per heavy atom. The lowest BCUT2D eigenvalue weighted by atomic mass is 9.80. The number of aliphatic hydroxyl groups excluding tert-OH is 1. The van der Waals surface area contributed by atoms with Crippen LogP contribution in [-0.4, -0.2) is 43.9 Å². The Bertz CT molecular complexity index is 1710. The van der Waals surface area contributed by atoms with Crippen LogP contribution in [0.3, 0.4) is 0 Å². The van der Waals surface area contributed by atoms with E-state index in [0.717, 1.165) is 16.7 Å². The molecule has 3 N–H and O–H groups in total. The van der Waals surface area contributed by atoms with E-state index in [0.29, 0.717) is 39.8 Å². The molecule has 6 rings (SSSR count). The number of carbonyl (C=O) groups is 2. The molecule has 0 radical (unpaired) electrons. The van der Waals surface area contributed by atoms with E-state index >= 15 is 0 Å². The number of ether oxygens (including phenoxy) is 1. The molecule has 3 aliphatic rings. The number of aliphatic hydroxyl groups is 2. The van der Waals surface area contributed by atoms with Gasteiger partial charge < -0.3 is 24.8 Å². The van der Waals surface area contributed by atoms with Crippen LogP contribution in [0.25, 0.3) is 22.3 Å². The van der Waals surface area contributed by atoms with Gasteiger partial charge in [0.25, 0.3) is 11.5 Å². The van der Waals surface area contributed by atoms with Crippen LogP contribution >= 0.6 is 0 Å². The van der Waals surface area contributed by atoms with E-state index in [9.17, 15) is 37.8 Å². The molecule has 40 heavy (non-hydrogen) atoms. The summed E-state index contributed by atoms with van der Waals surface area (Å²) in [5.41, 5.74) is 3.10. The van der Waals surface area contributed by atoms with Crippen molar-refractivity contribution in [3.05, 3.63) is 61.4 Å². The van der Waals surface area contributed by atoms with Crippen LogP contribution in [0.1, 0.15) is 64.8 Å². The van der Waals surface area contributed by atoms with Crippen LogP contribution in [-0.2, 0) is 39.5 Å². The second-order valence-corrected chi connectivity index (χ2v) is 10.7. The first-order valence-electron chi connectivity index (χ1n) is 13.0. The molecule has 9 nitrogen and oxygen atoms in total. The Hall–Kier alpha value is -3.77. The highest BCUT2D eigenvalue weighted by molar-refractivity contribution is 5.94. The predicted molar refractivity (Wildman–Crippen MR) is 135 cm³/mol. The van der Waals surface area contributed by atoms with E-state index in [1.54, 1.807) is 13.0 Å². The van der Waals surface area contributed by atoms with Gasteiger partial charge in [-0.15, -0.1) is 0 Å². The fourth-order valence-electron chi connectivity index (χ4n) is 6.28. The summed E-state index contributed by atoms with van der Waals surface area (Å²) < 4.78 is 45.9. The molecule has 12 heteroatoms. The SMILES string of the molecule is CC[C@@]1(O)C(=O)OCc2c1cc1n(c2=O)Cc2c-1nc1cc(C)c(C)c3c1c2[C@@H](NC(=O)[C@H](O)C(F)(F)F)CC3.